The number of nitrogens with one attached hydrogen (secondary N) is 1. The second-order valence-corrected chi connectivity index (χ2v) is 7.50. The standard InChI is InChI=1S/C12H11BrFNO3S2/c1-7-6-19-11(5-16)12(7)20(17,18)15-8-2-3-9(13)10(14)4-8/h2-4,6,15-16H,5H2,1H3. The molecular weight excluding hydrogens is 369 g/mol. The van der Waals surface area contributed by atoms with Crippen LogP contribution >= 0.6 is 27.3 Å². The highest BCUT2D eigenvalue weighted by atomic mass is 79.9. The van der Waals surface area contributed by atoms with E-state index in [4.69, 9.17) is 0 Å². The fourth-order valence-corrected chi connectivity index (χ4v) is 4.68. The molecule has 0 spiro atoms. The summed E-state index contributed by atoms with van der Waals surface area (Å²) in [5.41, 5.74) is 0.671. The largest absolute Gasteiger partial charge is 0.391 e. The van der Waals surface area contributed by atoms with Crippen molar-refractivity contribution < 1.29 is 17.9 Å². The predicted octanol–water partition coefficient (Wildman–Crippen LogP) is 3.25. The summed E-state index contributed by atoms with van der Waals surface area (Å²) in [5.74, 6) is -0.561. The van der Waals surface area contributed by atoms with E-state index >= 15 is 0 Å². The minimum Gasteiger partial charge on any atom is -0.391 e. The van der Waals surface area contributed by atoms with Crippen molar-refractivity contribution in [3.05, 3.63) is 44.3 Å². The molecule has 2 N–H and O–H groups in total. The molecule has 1 aromatic carbocycles. The summed E-state index contributed by atoms with van der Waals surface area (Å²) in [5, 5.41) is 10.8. The lowest BCUT2D eigenvalue weighted by atomic mass is 10.3. The fraction of sp³-hybridized carbons (Fsp3) is 0.167. The average molecular weight is 380 g/mol. The molecule has 20 heavy (non-hydrogen) atoms. The maximum Gasteiger partial charge on any atom is 0.263 e. The SMILES string of the molecule is Cc1csc(CO)c1S(=O)(=O)Nc1ccc(Br)c(F)c1. The van der Waals surface area contributed by atoms with E-state index in [1.165, 1.54) is 23.5 Å². The first kappa shape index (κ1) is 15.4. The Morgan fingerprint density at radius 2 is 2.15 bits per heavy atom. The average Bonchev–Trinajstić information content (AvgIpc) is 2.75. The van der Waals surface area contributed by atoms with Gasteiger partial charge < -0.3 is 5.11 Å². The van der Waals surface area contributed by atoms with Crippen LogP contribution in [0.4, 0.5) is 10.1 Å². The van der Waals surface area contributed by atoms with Crippen molar-refractivity contribution in [2.24, 2.45) is 0 Å². The van der Waals surface area contributed by atoms with Crippen molar-refractivity contribution in [2.45, 2.75) is 18.4 Å². The van der Waals surface area contributed by atoms with Gasteiger partial charge in [0.1, 0.15) is 10.7 Å². The number of anilines is 1. The number of sulfonamides is 1. The van der Waals surface area contributed by atoms with Crippen molar-refractivity contribution in [1.29, 1.82) is 0 Å². The topological polar surface area (TPSA) is 66.4 Å². The zero-order chi connectivity index (χ0) is 14.9. The van der Waals surface area contributed by atoms with Crippen molar-refractivity contribution in [3.8, 4) is 0 Å². The third kappa shape index (κ3) is 3.03. The molecule has 0 aliphatic heterocycles. The maximum atomic E-state index is 13.4. The fourth-order valence-electron chi connectivity index (χ4n) is 1.72. The first-order valence-corrected chi connectivity index (χ1v) is 8.66. The molecule has 108 valence electrons. The molecule has 1 aromatic heterocycles. The Morgan fingerprint density at radius 1 is 1.45 bits per heavy atom. The number of aliphatic hydroxyl groups excluding tert-OH is 1. The van der Waals surface area contributed by atoms with E-state index in [1.807, 2.05) is 0 Å². The van der Waals surface area contributed by atoms with Gasteiger partial charge in [-0.05, 0) is 52.0 Å². The third-order valence-corrected chi connectivity index (χ3v) is 6.05. The lowest BCUT2D eigenvalue weighted by Gasteiger charge is -2.10. The zero-order valence-electron chi connectivity index (χ0n) is 10.4. The Labute approximate surface area is 128 Å². The van der Waals surface area contributed by atoms with Gasteiger partial charge in [-0.3, -0.25) is 4.72 Å². The van der Waals surface area contributed by atoms with Gasteiger partial charge in [0.15, 0.2) is 0 Å². The summed E-state index contributed by atoms with van der Waals surface area (Å²) in [6, 6.07) is 3.95. The lowest BCUT2D eigenvalue weighted by Crippen LogP contribution is -2.15. The lowest BCUT2D eigenvalue weighted by molar-refractivity contribution is 0.282. The number of halogens is 2. The summed E-state index contributed by atoms with van der Waals surface area (Å²) in [6.07, 6.45) is 0. The number of benzene rings is 1. The molecule has 1 heterocycles. The van der Waals surface area contributed by atoms with Gasteiger partial charge in [-0.1, -0.05) is 0 Å². The molecule has 2 aromatic rings. The van der Waals surface area contributed by atoms with E-state index in [-0.39, 0.29) is 21.7 Å². The highest BCUT2D eigenvalue weighted by Gasteiger charge is 2.23. The molecule has 0 aliphatic rings. The molecule has 4 nitrogen and oxygen atoms in total. The smallest absolute Gasteiger partial charge is 0.263 e. The molecule has 0 unspecified atom stereocenters. The van der Waals surface area contributed by atoms with Gasteiger partial charge in [-0.15, -0.1) is 11.3 Å². The van der Waals surface area contributed by atoms with Gasteiger partial charge in [-0.2, -0.15) is 0 Å². The minimum absolute atomic E-state index is 0.0494. The number of thiophene rings is 1. The molecule has 2 rings (SSSR count). The molecule has 0 saturated carbocycles. The third-order valence-electron chi connectivity index (χ3n) is 2.57. The second kappa shape index (κ2) is 5.80. The van der Waals surface area contributed by atoms with Crippen LogP contribution in [-0.4, -0.2) is 13.5 Å². The molecular formula is C12H11BrFNO3S2. The summed E-state index contributed by atoms with van der Waals surface area (Å²) >= 11 is 4.17. The van der Waals surface area contributed by atoms with Crippen LogP contribution in [0.1, 0.15) is 10.4 Å². The number of aliphatic hydroxyl groups is 1. The summed E-state index contributed by atoms with van der Waals surface area (Å²) in [4.78, 5) is 0.404. The van der Waals surface area contributed by atoms with E-state index in [9.17, 15) is 17.9 Å². The number of rotatable bonds is 4. The molecule has 0 atom stereocenters. The monoisotopic (exact) mass is 379 g/mol. The van der Waals surface area contributed by atoms with Crippen molar-refractivity contribution in [1.82, 2.24) is 0 Å². The number of hydrogen-bond acceptors (Lipinski definition) is 4. The molecule has 0 aliphatic carbocycles. The van der Waals surface area contributed by atoms with Gasteiger partial charge >= 0.3 is 0 Å². The molecule has 8 heteroatoms. The van der Waals surface area contributed by atoms with Crippen molar-refractivity contribution in [3.63, 3.8) is 0 Å². The van der Waals surface area contributed by atoms with Crippen LogP contribution in [0.3, 0.4) is 0 Å². The van der Waals surface area contributed by atoms with Gasteiger partial charge in [0.05, 0.1) is 21.6 Å². The summed E-state index contributed by atoms with van der Waals surface area (Å²) in [6.45, 7) is 1.29. The Kier molecular flexibility index (Phi) is 4.48. The van der Waals surface area contributed by atoms with Crippen molar-refractivity contribution >= 4 is 43.0 Å². The van der Waals surface area contributed by atoms with E-state index in [2.05, 4.69) is 20.7 Å². The second-order valence-electron chi connectivity index (χ2n) is 4.06. The van der Waals surface area contributed by atoms with Crippen LogP contribution < -0.4 is 4.72 Å². The zero-order valence-corrected chi connectivity index (χ0v) is 13.6. The molecule has 0 amide bonds. The van der Waals surface area contributed by atoms with E-state index in [1.54, 1.807) is 12.3 Å². The summed E-state index contributed by atoms with van der Waals surface area (Å²) in [7, 11) is -3.85. The van der Waals surface area contributed by atoms with E-state index in [0.717, 1.165) is 6.07 Å². The highest BCUT2D eigenvalue weighted by Crippen LogP contribution is 2.29. The quantitative estimate of drug-likeness (QED) is 0.856. The molecule has 0 fully saturated rings. The Morgan fingerprint density at radius 3 is 2.75 bits per heavy atom. The highest BCUT2D eigenvalue weighted by molar-refractivity contribution is 9.10. The van der Waals surface area contributed by atoms with Gasteiger partial charge in [0.2, 0.25) is 0 Å². The normalized spacial score (nSPS) is 11.6. The molecule has 0 bridgehead atoms. The van der Waals surface area contributed by atoms with Gasteiger partial charge in [-0.25, -0.2) is 12.8 Å². The van der Waals surface area contributed by atoms with Crippen LogP contribution in [0, 0.1) is 12.7 Å². The van der Waals surface area contributed by atoms with Crippen LogP contribution in [0.15, 0.2) is 32.9 Å². The predicted molar refractivity (Wildman–Crippen MR) is 79.9 cm³/mol. The van der Waals surface area contributed by atoms with Crippen molar-refractivity contribution in [2.75, 3.05) is 4.72 Å². The maximum absolute atomic E-state index is 13.4. The Bertz CT molecular complexity index is 743. The molecule has 0 radical (unpaired) electrons. The molecule has 0 saturated heterocycles. The Hall–Kier alpha value is -0.960. The number of hydrogen-bond donors (Lipinski definition) is 2. The van der Waals surface area contributed by atoms with Crippen LogP contribution in [0.25, 0.3) is 0 Å². The Balaban J connectivity index is 2.40. The van der Waals surface area contributed by atoms with Gasteiger partial charge in [0, 0.05) is 0 Å². The van der Waals surface area contributed by atoms with Crippen LogP contribution in [0.2, 0.25) is 0 Å². The van der Waals surface area contributed by atoms with E-state index in [0.29, 0.717) is 10.4 Å². The van der Waals surface area contributed by atoms with Crippen LogP contribution in [-0.2, 0) is 16.6 Å². The minimum atomic E-state index is -3.85. The van der Waals surface area contributed by atoms with Crippen LogP contribution in [0.5, 0.6) is 0 Å². The first-order valence-electron chi connectivity index (χ1n) is 5.51. The number of aryl methyl sites for hydroxylation is 1. The first-order chi connectivity index (χ1) is 9.35. The summed E-state index contributed by atoms with van der Waals surface area (Å²) < 4.78 is 40.6. The van der Waals surface area contributed by atoms with E-state index < -0.39 is 15.8 Å². The van der Waals surface area contributed by atoms with Gasteiger partial charge in [0.25, 0.3) is 10.0 Å².